The zero-order valence-corrected chi connectivity index (χ0v) is 12.5. The summed E-state index contributed by atoms with van der Waals surface area (Å²) in [6.07, 6.45) is 7.97. The highest BCUT2D eigenvalue weighted by Gasteiger charge is 2.39. The average Bonchev–Trinajstić information content (AvgIpc) is 2.37. The Balaban J connectivity index is 1.76. The van der Waals surface area contributed by atoms with Gasteiger partial charge in [0.2, 0.25) is 5.91 Å². The SMILES string of the molecule is CN(C)C1(CNC(=O)C2CCC(CN)CC2)CCC1. The van der Waals surface area contributed by atoms with Crippen molar-refractivity contribution in [3.63, 3.8) is 0 Å². The van der Waals surface area contributed by atoms with Gasteiger partial charge >= 0.3 is 0 Å². The molecule has 2 rings (SSSR count). The molecular weight excluding hydrogens is 238 g/mol. The summed E-state index contributed by atoms with van der Waals surface area (Å²) in [5.74, 6) is 1.13. The van der Waals surface area contributed by atoms with Gasteiger partial charge in [0.1, 0.15) is 0 Å². The monoisotopic (exact) mass is 267 g/mol. The van der Waals surface area contributed by atoms with E-state index in [-0.39, 0.29) is 17.4 Å². The summed E-state index contributed by atoms with van der Waals surface area (Å²) in [6.45, 7) is 1.59. The first-order chi connectivity index (χ1) is 9.07. The van der Waals surface area contributed by atoms with E-state index < -0.39 is 0 Å². The van der Waals surface area contributed by atoms with E-state index in [0.29, 0.717) is 5.92 Å². The lowest BCUT2D eigenvalue weighted by Crippen LogP contribution is -2.57. The maximum Gasteiger partial charge on any atom is 0.223 e. The van der Waals surface area contributed by atoms with Crippen LogP contribution in [0.2, 0.25) is 0 Å². The molecule has 0 aromatic carbocycles. The smallest absolute Gasteiger partial charge is 0.223 e. The molecule has 0 radical (unpaired) electrons. The molecule has 0 atom stereocenters. The van der Waals surface area contributed by atoms with Gasteiger partial charge in [-0.25, -0.2) is 0 Å². The number of carbonyl (C=O) groups excluding carboxylic acids is 1. The summed E-state index contributed by atoms with van der Waals surface area (Å²) in [5, 5.41) is 3.20. The van der Waals surface area contributed by atoms with Crippen molar-refractivity contribution in [1.29, 1.82) is 0 Å². The van der Waals surface area contributed by atoms with E-state index in [1.54, 1.807) is 0 Å². The molecule has 2 saturated carbocycles. The molecule has 0 spiro atoms. The van der Waals surface area contributed by atoms with Crippen molar-refractivity contribution in [3.05, 3.63) is 0 Å². The van der Waals surface area contributed by atoms with Crippen LogP contribution in [0.1, 0.15) is 44.9 Å². The Morgan fingerprint density at radius 1 is 1.26 bits per heavy atom. The van der Waals surface area contributed by atoms with Crippen molar-refractivity contribution < 1.29 is 4.79 Å². The van der Waals surface area contributed by atoms with Crippen molar-refractivity contribution in [2.75, 3.05) is 27.2 Å². The van der Waals surface area contributed by atoms with Gasteiger partial charge in [0, 0.05) is 18.0 Å². The Bertz CT molecular complexity index is 305. The molecule has 0 aromatic heterocycles. The van der Waals surface area contributed by atoms with Crippen LogP contribution in [-0.2, 0) is 4.79 Å². The van der Waals surface area contributed by atoms with Crippen LogP contribution in [0.5, 0.6) is 0 Å². The van der Waals surface area contributed by atoms with Gasteiger partial charge < -0.3 is 16.0 Å². The average molecular weight is 267 g/mol. The van der Waals surface area contributed by atoms with Crippen LogP contribution in [0.3, 0.4) is 0 Å². The Kier molecular flexibility index (Phi) is 4.85. The van der Waals surface area contributed by atoms with E-state index >= 15 is 0 Å². The second-order valence-corrected chi connectivity index (χ2v) is 6.64. The van der Waals surface area contributed by atoms with Gasteiger partial charge in [0.05, 0.1) is 0 Å². The van der Waals surface area contributed by atoms with E-state index in [1.165, 1.54) is 19.3 Å². The Labute approximate surface area is 117 Å². The standard InChI is InChI=1S/C15H29N3O/c1-18(2)15(8-3-9-15)11-17-14(19)13-6-4-12(10-16)5-7-13/h12-13H,3-11,16H2,1-2H3,(H,17,19). The minimum atomic E-state index is 0.224. The number of hydrogen-bond acceptors (Lipinski definition) is 3. The highest BCUT2D eigenvalue weighted by atomic mass is 16.1. The lowest BCUT2D eigenvalue weighted by Gasteiger charge is -2.47. The summed E-state index contributed by atoms with van der Waals surface area (Å²) in [6, 6.07) is 0. The van der Waals surface area contributed by atoms with Crippen LogP contribution in [0, 0.1) is 11.8 Å². The molecule has 110 valence electrons. The molecule has 4 nitrogen and oxygen atoms in total. The van der Waals surface area contributed by atoms with Crippen molar-refractivity contribution in [2.45, 2.75) is 50.5 Å². The fourth-order valence-electron chi connectivity index (χ4n) is 3.42. The second kappa shape index (κ2) is 6.23. The molecule has 0 saturated heterocycles. The Morgan fingerprint density at radius 3 is 2.32 bits per heavy atom. The number of rotatable bonds is 5. The topological polar surface area (TPSA) is 58.4 Å². The molecule has 19 heavy (non-hydrogen) atoms. The molecule has 0 aliphatic heterocycles. The Hall–Kier alpha value is -0.610. The number of amides is 1. The van der Waals surface area contributed by atoms with Crippen LogP contribution in [0.4, 0.5) is 0 Å². The third kappa shape index (κ3) is 3.29. The van der Waals surface area contributed by atoms with Crippen LogP contribution in [0.15, 0.2) is 0 Å². The maximum atomic E-state index is 12.2. The molecule has 0 heterocycles. The summed E-state index contributed by atoms with van der Waals surface area (Å²) < 4.78 is 0. The normalized spacial score (nSPS) is 29.9. The fourth-order valence-corrected chi connectivity index (χ4v) is 3.42. The highest BCUT2D eigenvalue weighted by Crippen LogP contribution is 2.35. The number of nitrogens with zero attached hydrogens (tertiary/aromatic N) is 1. The number of likely N-dealkylation sites (N-methyl/N-ethyl adjacent to an activating group) is 1. The van der Waals surface area contributed by atoms with Gasteiger partial charge in [-0.2, -0.15) is 0 Å². The molecule has 2 fully saturated rings. The molecular formula is C15H29N3O. The van der Waals surface area contributed by atoms with Gasteiger partial charge in [0.25, 0.3) is 0 Å². The number of nitrogens with two attached hydrogens (primary N) is 1. The van der Waals surface area contributed by atoms with Crippen molar-refractivity contribution in [2.24, 2.45) is 17.6 Å². The number of hydrogen-bond donors (Lipinski definition) is 2. The number of nitrogens with one attached hydrogen (secondary N) is 1. The predicted molar refractivity (Wildman–Crippen MR) is 77.8 cm³/mol. The molecule has 2 aliphatic carbocycles. The van der Waals surface area contributed by atoms with Crippen molar-refractivity contribution >= 4 is 5.91 Å². The lowest BCUT2D eigenvalue weighted by molar-refractivity contribution is -0.127. The van der Waals surface area contributed by atoms with Crippen LogP contribution >= 0.6 is 0 Å². The quantitative estimate of drug-likeness (QED) is 0.790. The van der Waals surface area contributed by atoms with Gasteiger partial charge in [-0.15, -0.1) is 0 Å². The van der Waals surface area contributed by atoms with E-state index in [9.17, 15) is 4.79 Å². The zero-order chi connectivity index (χ0) is 13.9. The third-order valence-electron chi connectivity index (χ3n) is 5.38. The largest absolute Gasteiger partial charge is 0.354 e. The minimum absolute atomic E-state index is 0.224. The van der Waals surface area contributed by atoms with Gasteiger partial charge in [0.15, 0.2) is 0 Å². The molecule has 3 N–H and O–H groups in total. The molecule has 1 amide bonds. The first kappa shape index (κ1) is 14.8. The first-order valence-electron chi connectivity index (χ1n) is 7.72. The van der Waals surface area contributed by atoms with Crippen LogP contribution < -0.4 is 11.1 Å². The molecule has 2 aliphatic rings. The van der Waals surface area contributed by atoms with Gasteiger partial charge in [-0.1, -0.05) is 0 Å². The van der Waals surface area contributed by atoms with E-state index in [4.69, 9.17) is 5.73 Å². The fraction of sp³-hybridized carbons (Fsp3) is 0.933. The summed E-state index contributed by atoms with van der Waals surface area (Å²) >= 11 is 0. The summed E-state index contributed by atoms with van der Waals surface area (Å²) in [5.41, 5.74) is 5.92. The van der Waals surface area contributed by atoms with Crippen molar-refractivity contribution in [1.82, 2.24) is 10.2 Å². The van der Waals surface area contributed by atoms with Gasteiger partial charge in [-0.05, 0) is 71.5 Å². The van der Waals surface area contributed by atoms with E-state index in [1.807, 2.05) is 0 Å². The highest BCUT2D eigenvalue weighted by molar-refractivity contribution is 5.78. The maximum absolute atomic E-state index is 12.2. The first-order valence-corrected chi connectivity index (χ1v) is 7.72. The van der Waals surface area contributed by atoms with E-state index in [0.717, 1.165) is 38.8 Å². The van der Waals surface area contributed by atoms with Gasteiger partial charge in [-0.3, -0.25) is 4.79 Å². The lowest BCUT2D eigenvalue weighted by atomic mass is 9.75. The molecule has 0 aromatic rings. The van der Waals surface area contributed by atoms with E-state index in [2.05, 4.69) is 24.3 Å². The molecule has 0 bridgehead atoms. The molecule has 4 heteroatoms. The summed E-state index contributed by atoms with van der Waals surface area (Å²) in [7, 11) is 4.25. The Morgan fingerprint density at radius 2 is 1.89 bits per heavy atom. The minimum Gasteiger partial charge on any atom is -0.354 e. The third-order valence-corrected chi connectivity index (χ3v) is 5.38. The second-order valence-electron chi connectivity index (χ2n) is 6.64. The molecule has 0 unspecified atom stereocenters. The van der Waals surface area contributed by atoms with Crippen molar-refractivity contribution in [3.8, 4) is 0 Å². The zero-order valence-electron chi connectivity index (χ0n) is 12.5. The van der Waals surface area contributed by atoms with Crippen LogP contribution in [0.25, 0.3) is 0 Å². The predicted octanol–water partition coefficient (Wildman–Crippen LogP) is 1.35. The summed E-state index contributed by atoms with van der Waals surface area (Å²) in [4.78, 5) is 14.5. The number of carbonyl (C=O) groups is 1. The van der Waals surface area contributed by atoms with Crippen LogP contribution in [-0.4, -0.2) is 43.5 Å².